The Morgan fingerprint density at radius 1 is 0.912 bits per heavy atom. The molecule has 4 N–H and O–H groups in total. The molecule has 2 aromatic carbocycles. The molecule has 0 spiro atoms. The van der Waals surface area contributed by atoms with E-state index in [1.54, 1.807) is 14.2 Å². The van der Waals surface area contributed by atoms with E-state index < -0.39 is 0 Å². The fourth-order valence-corrected chi connectivity index (χ4v) is 3.62. The van der Waals surface area contributed by atoms with Crippen molar-refractivity contribution in [2.45, 2.75) is 26.7 Å². The van der Waals surface area contributed by atoms with E-state index in [1.165, 1.54) is 5.56 Å². The van der Waals surface area contributed by atoms with Gasteiger partial charge in [0.2, 0.25) is 11.9 Å². The van der Waals surface area contributed by atoms with Gasteiger partial charge in [-0.2, -0.15) is 15.0 Å². The summed E-state index contributed by atoms with van der Waals surface area (Å²) in [5.41, 5.74) is 4.63. The Labute approximate surface area is 199 Å². The summed E-state index contributed by atoms with van der Waals surface area (Å²) < 4.78 is 10.7. The third-order valence-corrected chi connectivity index (χ3v) is 5.32. The van der Waals surface area contributed by atoms with Crippen LogP contribution in [0.25, 0.3) is 11.2 Å². The Morgan fingerprint density at radius 3 is 2.53 bits per heavy atom. The highest BCUT2D eigenvalue weighted by Gasteiger charge is 2.13. The number of anilines is 4. The zero-order valence-corrected chi connectivity index (χ0v) is 20.0. The molecule has 0 amide bonds. The molecule has 0 radical (unpaired) electrons. The van der Waals surface area contributed by atoms with Crippen LogP contribution in [0.1, 0.15) is 24.5 Å². The number of benzene rings is 2. The fourth-order valence-electron chi connectivity index (χ4n) is 3.62. The molecular weight excluding hydrogens is 430 g/mol. The van der Waals surface area contributed by atoms with Crippen molar-refractivity contribution in [1.29, 1.82) is 0 Å². The lowest BCUT2D eigenvalue weighted by atomic mass is 10.1. The first-order chi connectivity index (χ1) is 16.6. The van der Waals surface area contributed by atoms with Gasteiger partial charge in [-0.25, -0.2) is 0 Å². The molecule has 0 saturated heterocycles. The number of aromatic amines is 1. The summed E-state index contributed by atoms with van der Waals surface area (Å²) >= 11 is 0. The summed E-state index contributed by atoms with van der Waals surface area (Å²) in [6.07, 6.45) is 1.76. The molecule has 0 atom stereocenters. The lowest BCUT2D eigenvalue weighted by Gasteiger charge is -2.11. The van der Waals surface area contributed by atoms with E-state index in [1.807, 2.05) is 30.3 Å². The van der Waals surface area contributed by atoms with Gasteiger partial charge in [0.25, 0.3) is 0 Å². The number of imidazole rings is 1. The lowest BCUT2D eigenvalue weighted by molar-refractivity contribution is 0.354. The first-order valence-corrected chi connectivity index (χ1v) is 11.4. The monoisotopic (exact) mass is 461 g/mol. The van der Waals surface area contributed by atoms with E-state index in [2.05, 4.69) is 61.9 Å². The van der Waals surface area contributed by atoms with Crippen molar-refractivity contribution in [3.8, 4) is 11.5 Å². The summed E-state index contributed by atoms with van der Waals surface area (Å²) in [5, 5.41) is 10.0. The van der Waals surface area contributed by atoms with Crippen LogP contribution >= 0.6 is 0 Å². The molecule has 178 valence electrons. The number of H-pyrrole nitrogens is 1. The molecule has 0 aliphatic carbocycles. The van der Waals surface area contributed by atoms with Crippen molar-refractivity contribution in [1.82, 2.24) is 19.9 Å². The Hall–Kier alpha value is -4.01. The van der Waals surface area contributed by atoms with Gasteiger partial charge in [0, 0.05) is 18.8 Å². The summed E-state index contributed by atoms with van der Waals surface area (Å²) in [6, 6.07) is 14.1. The van der Waals surface area contributed by atoms with Crippen molar-refractivity contribution < 1.29 is 9.47 Å². The van der Waals surface area contributed by atoms with Crippen LogP contribution in [0.2, 0.25) is 0 Å². The Bertz CT molecular complexity index is 1260. The van der Waals surface area contributed by atoms with Gasteiger partial charge in [0.1, 0.15) is 5.52 Å². The number of methoxy groups -OCH3 is 2. The maximum atomic E-state index is 5.40. The molecule has 0 bridgehead atoms. The summed E-state index contributed by atoms with van der Waals surface area (Å²) in [5.74, 6) is 3.31. The van der Waals surface area contributed by atoms with Crippen LogP contribution in [0.4, 0.5) is 23.4 Å². The third-order valence-electron chi connectivity index (χ3n) is 5.32. The lowest BCUT2D eigenvalue weighted by Crippen LogP contribution is -2.11. The van der Waals surface area contributed by atoms with Gasteiger partial charge in [-0.3, -0.25) is 0 Å². The molecule has 34 heavy (non-hydrogen) atoms. The van der Waals surface area contributed by atoms with Gasteiger partial charge in [0.15, 0.2) is 23.0 Å². The van der Waals surface area contributed by atoms with Crippen molar-refractivity contribution in [3.63, 3.8) is 0 Å². The van der Waals surface area contributed by atoms with Gasteiger partial charge in [-0.05, 0) is 55.2 Å². The van der Waals surface area contributed by atoms with Crippen LogP contribution in [0.5, 0.6) is 11.5 Å². The molecule has 4 aromatic rings. The molecule has 0 unspecified atom stereocenters. The molecule has 2 heterocycles. The predicted octanol–water partition coefficient (Wildman–Crippen LogP) is 4.90. The molecular formula is C25H31N7O2. The molecule has 4 rings (SSSR count). The highest BCUT2D eigenvalue weighted by atomic mass is 16.5. The van der Waals surface area contributed by atoms with Gasteiger partial charge < -0.3 is 30.4 Å². The first kappa shape index (κ1) is 23.2. The Kier molecular flexibility index (Phi) is 7.31. The third kappa shape index (κ3) is 5.48. The molecule has 0 aliphatic rings. The minimum atomic E-state index is 0.528. The number of nitrogens with one attached hydrogen (secondary N) is 4. The van der Waals surface area contributed by atoms with E-state index in [0.717, 1.165) is 42.0 Å². The number of aryl methyl sites for hydroxylation is 1. The Morgan fingerprint density at radius 2 is 1.76 bits per heavy atom. The van der Waals surface area contributed by atoms with Crippen LogP contribution in [-0.4, -0.2) is 47.2 Å². The standard InChI is InChI=1S/C25H31N7O2/c1-5-12-26-22-21-23(32-25(29-21)28-18-8-6-7-16(2)14-18)31-24(30-22)27-13-11-17-9-10-19(33-3)20(15-17)34-4/h6-10,14-15H,5,11-13H2,1-4H3,(H4,26,27,28,29,30,31,32). The average molecular weight is 462 g/mol. The smallest absolute Gasteiger partial charge is 0.226 e. The van der Waals surface area contributed by atoms with E-state index >= 15 is 0 Å². The first-order valence-electron chi connectivity index (χ1n) is 11.4. The van der Waals surface area contributed by atoms with E-state index in [0.29, 0.717) is 35.6 Å². The Balaban J connectivity index is 1.51. The second-order valence-electron chi connectivity index (χ2n) is 7.97. The number of fused-ring (bicyclic) bond motifs is 1. The fraction of sp³-hybridized carbons (Fsp3) is 0.320. The summed E-state index contributed by atoms with van der Waals surface area (Å²) in [6.45, 7) is 5.64. The minimum absolute atomic E-state index is 0.528. The number of nitrogens with zero attached hydrogens (tertiary/aromatic N) is 3. The molecule has 0 saturated carbocycles. The van der Waals surface area contributed by atoms with Gasteiger partial charge in [-0.1, -0.05) is 25.1 Å². The topological polar surface area (TPSA) is 109 Å². The maximum Gasteiger partial charge on any atom is 0.226 e. The summed E-state index contributed by atoms with van der Waals surface area (Å²) in [7, 11) is 3.27. The van der Waals surface area contributed by atoms with Crippen LogP contribution in [0, 0.1) is 6.92 Å². The van der Waals surface area contributed by atoms with Crippen molar-refractivity contribution in [2.24, 2.45) is 0 Å². The van der Waals surface area contributed by atoms with Crippen LogP contribution in [0.3, 0.4) is 0 Å². The van der Waals surface area contributed by atoms with Crippen LogP contribution < -0.4 is 25.4 Å². The van der Waals surface area contributed by atoms with Gasteiger partial charge in [0.05, 0.1) is 14.2 Å². The molecule has 2 aromatic heterocycles. The summed E-state index contributed by atoms with van der Waals surface area (Å²) in [4.78, 5) is 17.3. The zero-order valence-electron chi connectivity index (χ0n) is 20.0. The van der Waals surface area contributed by atoms with Crippen molar-refractivity contribution in [3.05, 3.63) is 53.6 Å². The highest BCUT2D eigenvalue weighted by Crippen LogP contribution is 2.28. The predicted molar refractivity (Wildman–Crippen MR) is 137 cm³/mol. The largest absolute Gasteiger partial charge is 0.493 e. The van der Waals surface area contributed by atoms with E-state index in [4.69, 9.17) is 9.47 Å². The number of rotatable bonds is 11. The highest BCUT2D eigenvalue weighted by molar-refractivity contribution is 5.86. The van der Waals surface area contributed by atoms with Gasteiger partial charge in [-0.15, -0.1) is 0 Å². The minimum Gasteiger partial charge on any atom is -0.493 e. The number of ether oxygens (including phenoxy) is 2. The van der Waals surface area contributed by atoms with Crippen molar-refractivity contribution >= 4 is 34.6 Å². The van der Waals surface area contributed by atoms with Crippen LogP contribution in [0.15, 0.2) is 42.5 Å². The number of hydrogen-bond donors (Lipinski definition) is 4. The van der Waals surface area contributed by atoms with Gasteiger partial charge >= 0.3 is 0 Å². The number of hydrogen-bond acceptors (Lipinski definition) is 8. The maximum absolute atomic E-state index is 5.40. The SMILES string of the molecule is CCCNc1nc(NCCc2ccc(OC)c(OC)c2)nc2nc(Nc3cccc(C)c3)[nH]c12. The second-order valence-corrected chi connectivity index (χ2v) is 7.97. The zero-order chi connectivity index (χ0) is 23.9. The second kappa shape index (κ2) is 10.7. The van der Waals surface area contributed by atoms with Crippen molar-refractivity contribution in [2.75, 3.05) is 43.3 Å². The molecule has 0 fully saturated rings. The molecule has 9 nitrogen and oxygen atoms in total. The normalized spacial score (nSPS) is 10.8. The van der Waals surface area contributed by atoms with E-state index in [-0.39, 0.29) is 0 Å². The van der Waals surface area contributed by atoms with Crippen LogP contribution in [-0.2, 0) is 6.42 Å². The number of aromatic nitrogens is 4. The molecule has 0 aliphatic heterocycles. The van der Waals surface area contributed by atoms with E-state index in [9.17, 15) is 0 Å². The molecule has 9 heteroatoms. The quantitative estimate of drug-likeness (QED) is 0.250. The average Bonchev–Trinajstić information content (AvgIpc) is 3.24.